The van der Waals surface area contributed by atoms with Gasteiger partial charge in [-0.05, 0) is 24.6 Å². The van der Waals surface area contributed by atoms with Crippen molar-refractivity contribution in [2.75, 3.05) is 13.7 Å². The first-order valence-electron chi connectivity index (χ1n) is 4.32. The molecular weight excluding hydrogens is 246 g/mol. The minimum absolute atomic E-state index is 0.187. The zero-order valence-electron chi connectivity index (χ0n) is 8.25. The van der Waals surface area contributed by atoms with E-state index >= 15 is 0 Å². The highest BCUT2D eigenvalue weighted by molar-refractivity contribution is 9.10. The zero-order chi connectivity index (χ0) is 10.7. The summed E-state index contributed by atoms with van der Waals surface area (Å²) in [5.74, 6) is 0.700. The predicted molar refractivity (Wildman–Crippen MR) is 59.4 cm³/mol. The number of aliphatic hydroxyl groups excluding tert-OH is 1. The second kappa shape index (κ2) is 4.77. The molecule has 0 spiro atoms. The molecule has 0 amide bonds. The van der Waals surface area contributed by atoms with Gasteiger partial charge in [0.15, 0.2) is 0 Å². The third-order valence-corrected chi connectivity index (χ3v) is 2.51. The van der Waals surface area contributed by atoms with Gasteiger partial charge in [0.05, 0.1) is 13.2 Å². The summed E-state index contributed by atoms with van der Waals surface area (Å²) < 4.78 is 6.13. The van der Waals surface area contributed by atoms with E-state index in [-0.39, 0.29) is 6.54 Å². The molecule has 1 atom stereocenters. The maximum atomic E-state index is 9.66. The van der Waals surface area contributed by atoms with Crippen LogP contribution in [-0.2, 0) is 0 Å². The maximum Gasteiger partial charge on any atom is 0.127 e. The first-order valence-corrected chi connectivity index (χ1v) is 5.11. The highest BCUT2D eigenvalue weighted by atomic mass is 79.9. The molecule has 0 aromatic heterocycles. The molecule has 0 aliphatic heterocycles. The monoisotopic (exact) mass is 259 g/mol. The lowest BCUT2D eigenvalue weighted by Gasteiger charge is -2.15. The molecule has 0 saturated heterocycles. The predicted octanol–water partition coefficient (Wildman–Crippen LogP) is 1.76. The lowest BCUT2D eigenvalue weighted by Crippen LogP contribution is -2.13. The first kappa shape index (κ1) is 11.5. The number of ether oxygens (including phenoxy) is 1. The molecule has 0 bridgehead atoms. The van der Waals surface area contributed by atoms with Crippen LogP contribution < -0.4 is 10.5 Å². The summed E-state index contributed by atoms with van der Waals surface area (Å²) in [6.45, 7) is 2.11. The zero-order valence-corrected chi connectivity index (χ0v) is 9.84. The molecule has 0 heterocycles. The van der Waals surface area contributed by atoms with E-state index in [9.17, 15) is 5.11 Å². The van der Waals surface area contributed by atoms with Gasteiger partial charge in [-0.1, -0.05) is 15.9 Å². The van der Waals surface area contributed by atoms with Crippen LogP contribution >= 0.6 is 15.9 Å². The maximum absolute atomic E-state index is 9.66. The second-order valence-corrected chi connectivity index (χ2v) is 4.01. The Labute approximate surface area is 92.0 Å². The van der Waals surface area contributed by atoms with Crippen LogP contribution in [0.1, 0.15) is 17.2 Å². The highest BCUT2D eigenvalue weighted by Gasteiger charge is 2.14. The minimum atomic E-state index is -0.679. The summed E-state index contributed by atoms with van der Waals surface area (Å²) in [6.07, 6.45) is -0.679. The number of benzene rings is 1. The van der Waals surface area contributed by atoms with Crippen molar-refractivity contribution in [3.8, 4) is 5.75 Å². The Morgan fingerprint density at radius 2 is 2.21 bits per heavy atom. The van der Waals surface area contributed by atoms with Crippen LogP contribution in [0.25, 0.3) is 0 Å². The van der Waals surface area contributed by atoms with E-state index in [1.54, 1.807) is 7.11 Å². The lowest BCUT2D eigenvalue weighted by atomic mass is 10.0. The Kier molecular flexibility index (Phi) is 3.92. The van der Waals surface area contributed by atoms with Gasteiger partial charge in [0, 0.05) is 16.6 Å². The van der Waals surface area contributed by atoms with Crippen molar-refractivity contribution in [2.45, 2.75) is 13.0 Å². The van der Waals surface area contributed by atoms with Crippen LogP contribution in [0.5, 0.6) is 5.75 Å². The van der Waals surface area contributed by atoms with Crippen LogP contribution in [0.2, 0.25) is 0 Å². The Morgan fingerprint density at radius 1 is 1.57 bits per heavy atom. The van der Waals surface area contributed by atoms with Gasteiger partial charge in [0.2, 0.25) is 0 Å². The summed E-state index contributed by atoms with van der Waals surface area (Å²) in [5, 5.41) is 9.66. The van der Waals surface area contributed by atoms with Crippen LogP contribution in [0.15, 0.2) is 16.6 Å². The Bertz CT molecular complexity index is 328. The van der Waals surface area contributed by atoms with Crippen LogP contribution in [0.3, 0.4) is 0 Å². The van der Waals surface area contributed by atoms with E-state index in [1.807, 2.05) is 19.1 Å². The number of hydrogen-bond donors (Lipinski definition) is 2. The normalized spacial score (nSPS) is 12.6. The lowest BCUT2D eigenvalue weighted by molar-refractivity contribution is 0.182. The number of nitrogens with two attached hydrogens (primary N) is 1. The fourth-order valence-corrected chi connectivity index (χ4v) is 2.00. The Morgan fingerprint density at radius 3 is 2.71 bits per heavy atom. The molecule has 0 aliphatic rings. The van der Waals surface area contributed by atoms with E-state index in [0.29, 0.717) is 5.75 Å². The van der Waals surface area contributed by atoms with Gasteiger partial charge in [-0.2, -0.15) is 0 Å². The van der Waals surface area contributed by atoms with Crippen molar-refractivity contribution < 1.29 is 9.84 Å². The third kappa shape index (κ3) is 2.26. The van der Waals surface area contributed by atoms with Gasteiger partial charge in [0.25, 0.3) is 0 Å². The number of methoxy groups -OCH3 is 1. The van der Waals surface area contributed by atoms with Crippen molar-refractivity contribution in [1.82, 2.24) is 0 Å². The first-order chi connectivity index (χ1) is 6.60. The fourth-order valence-electron chi connectivity index (χ4n) is 1.41. The number of halogens is 1. The van der Waals surface area contributed by atoms with Crippen LogP contribution in [0, 0.1) is 6.92 Å². The molecule has 0 aliphatic carbocycles. The van der Waals surface area contributed by atoms with Crippen molar-refractivity contribution in [3.05, 3.63) is 27.7 Å². The smallest absolute Gasteiger partial charge is 0.127 e. The van der Waals surface area contributed by atoms with Gasteiger partial charge in [-0.3, -0.25) is 0 Å². The molecule has 14 heavy (non-hydrogen) atoms. The molecule has 78 valence electrons. The second-order valence-electron chi connectivity index (χ2n) is 3.10. The molecule has 4 heteroatoms. The number of aryl methyl sites for hydroxylation is 1. The van der Waals surface area contributed by atoms with E-state index in [2.05, 4.69) is 15.9 Å². The van der Waals surface area contributed by atoms with Gasteiger partial charge >= 0.3 is 0 Å². The van der Waals surface area contributed by atoms with Crippen molar-refractivity contribution >= 4 is 15.9 Å². The molecule has 1 rings (SSSR count). The standard InChI is InChI=1S/C10H14BrNO2/c1-6-3-7(11)4-8(9(13)5-12)10(6)14-2/h3-4,9,13H,5,12H2,1-2H3. The average Bonchev–Trinajstić information content (AvgIpc) is 2.15. The topological polar surface area (TPSA) is 55.5 Å². The molecule has 0 saturated carbocycles. The van der Waals surface area contributed by atoms with Gasteiger partial charge in [-0.25, -0.2) is 0 Å². The number of hydrogen-bond acceptors (Lipinski definition) is 3. The van der Waals surface area contributed by atoms with Crippen LogP contribution in [0.4, 0.5) is 0 Å². The highest BCUT2D eigenvalue weighted by Crippen LogP contribution is 2.31. The molecule has 3 N–H and O–H groups in total. The summed E-state index contributed by atoms with van der Waals surface area (Å²) in [5.41, 5.74) is 7.11. The van der Waals surface area contributed by atoms with E-state index in [1.165, 1.54) is 0 Å². The van der Waals surface area contributed by atoms with E-state index in [4.69, 9.17) is 10.5 Å². The molecule has 1 aromatic carbocycles. The Hall–Kier alpha value is -0.580. The number of rotatable bonds is 3. The summed E-state index contributed by atoms with van der Waals surface area (Å²) in [4.78, 5) is 0. The molecule has 0 radical (unpaired) electrons. The summed E-state index contributed by atoms with van der Waals surface area (Å²) in [6, 6.07) is 3.76. The molecule has 0 fully saturated rings. The molecular formula is C10H14BrNO2. The van der Waals surface area contributed by atoms with Gasteiger partial charge < -0.3 is 15.6 Å². The van der Waals surface area contributed by atoms with Crippen molar-refractivity contribution in [3.63, 3.8) is 0 Å². The van der Waals surface area contributed by atoms with Crippen molar-refractivity contribution in [1.29, 1.82) is 0 Å². The average molecular weight is 260 g/mol. The van der Waals surface area contributed by atoms with Crippen molar-refractivity contribution in [2.24, 2.45) is 5.73 Å². The quantitative estimate of drug-likeness (QED) is 0.870. The minimum Gasteiger partial charge on any atom is -0.496 e. The van der Waals surface area contributed by atoms with Gasteiger partial charge in [-0.15, -0.1) is 0 Å². The van der Waals surface area contributed by atoms with Gasteiger partial charge in [0.1, 0.15) is 5.75 Å². The van der Waals surface area contributed by atoms with E-state index < -0.39 is 6.10 Å². The van der Waals surface area contributed by atoms with E-state index in [0.717, 1.165) is 15.6 Å². The number of aliphatic hydroxyl groups is 1. The Balaban J connectivity index is 3.24. The molecule has 3 nitrogen and oxygen atoms in total. The van der Waals surface area contributed by atoms with Crippen LogP contribution in [-0.4, -0.2) is 18.8 Å². The summed E-state index contributed by atoms with van der Waals surface area (Å²) in [7, 11) is 1.59. The third-order valence-electron chi connectivity index (χ3n) is 2.05. The summed E-state index contributed by atoms with van der Waals surface area (Å²) >= 11 is 3.37. The SMILES string of the molecule is COc1c(C)cc(Br)cc1C(O)CN. The fraction of sp³-hybridized carbons (Fsp3) is 0.400. The molecule has 1 aromatic rings. The largest absolute Gasteiger partial charge is 0.496 e. The molecule has 1 unspecified atom stereocenters.